The average molecular weight is 499 g/mol. The number of halogens is 1. The Morgan fingerprint density at radius 3 is 2.40 bits per heavy atom. The van der Waals surface area contributed by atoms with Gasteiger partial charge in [0.2, 0.25) is 11.8 Å². The fourth-order valence-electron chi connectivity index (χ4n) is 4.26. The van der Waals surface area contributed by atoms with Crippen LogP contribution in [-0.4, -0.2) is 43.5 Å². The lowest BCUT2D eigenvalue weighted by molar-refractivity contribution is -0.140. The third-order valence-electron chi connectivity index (χ3n) is 6.37. The fraction of sp³-hybridized carbons (Fsp3) is 0.429. The van der Waals surface area contributed by atoms with Gasteiger partial charge < -0.3 is 19.7 Å². The molecule has 3 rings (SSSR count). The standard InChI is InChI=1S/C28H35ClN2O4/c1-20(28(33)30-16-15-21-7-5-4-6-8-21)31(19-22-9-12-24(29)13-10-22)27(32)18-23-11-14-25(34-2)26(17-23)35-3/h7,9-14,17,20H,4-6,8,15-16,18-19H2,1-3H3,(H,30,33). The highest BCUT2D eigenvalue weighted by molar-refractivity contribution is 6.30. The van der Waals surface area contributed by atoms with Crippen LogP contribution in [0.5, 0.6) is 11.5 Å². The van der Waals surface area contributed by atoms with Gasteiger partial charge in [0.05, 0.1) is 20.6 Å². The molecule has 188 valence electrons. The summed E-state index contributed by atoms with van der Waals surface area (Å²) in [6.07, 6.45) is 7.98. The van der Waals surface area contributed by atoms with Crippen molar-refractivity contribution >= 4 is 23.4 Å². The van der Waals surface area contributed by atoms with E-state index in [0.717, 1.165) is 30.4 Å². The molecule has 0 bridgehead atoms. The molecular weight excluding hydrogens is 464 g/mol. The van der Waals surface area contributed by atoms with Crippen molar-refractivity contribution in [2.75, 3.05) is 20.8 Å². The van der Waals surface area contributed by atoms with Crippen molar-refractivity contribution in [1.82, 2.24) is 10.2 Å². The average Bonchev–Trinajstić information content (AvgIpc) is 2.88. The fourth-order valence-corrected chi connectivity index (χ4v) is 4.39. The van der Waals surface area contributed by atoms with Crippen LogP contribution in [0.2, 0.25) is 5.02 Å². The first-order chi connectivity index (χ1) is 16.9. The molecule has 2 amide bonds. The SMILES string of the molecule is COc1ccc(CC(=O)N(Cc2ccc(Cl)cc2)C(C)C(=O)NCCC2=CCCCC2)cc1OC. The molecule has 2 aromatic carbocycles. The van der Waals surface area contributed by atoms with Crippen LogP contribution in [0.15, 0.2) is 54.1 Å². The summed E-state index contributed by atoms with van der Waals surface area (Å²) in [5, 5.41) is 3.65. The Labute approximate surface area is 213 Å². The van der Waals surface area contributed by atoms with Crippen molar-refractivity contribution in [2.45, 2.75) is 58.0 Å². The van der Waals surface area contributed by atoms with Crippen LogP contribution in [0.1, 0.15) is 50.2 Å². The molecule has 7 heteroatoms. The number of rotatable bonds is 11. The summed E-state index contributed by atoms with van der Waals surface area (Å²) in [5.41, 5.74) is 3.10. The monoisotopic (exact) mass is 498 g/mol. The molecule has 2 aromatic rings. The van der Waals surface area contributed by atoms with E-state index in [1.54, 1.807) is 50.3 Å². The van der Waals surface area contributed by atoms with E-state index in [1.807, 2.05) is 18.2 Å². The zero-order valence-corrected chi connectivity index (χ0v) is 21.6. The Bertz CT molecular complexity index is 1040. The predicted molar refractivity (Wildman–Crippen MR) is 139 cm³/mol. The van der Waals surface area contributed by atoms with Crippen LogP contribution in [0.25, 0.3) is 0 Å². The second kappa shape index (κ2) is 13.2. The van der Waals surface area contributed by atoms with E-state index in [9.17, 15) is 9.59 Å². The number of hydrogen-bond acceptors (Lipinski definition) is 4. The van der Waals surface area contributed by atoms with Crippen molar-refractivity contribution in [3.63, 3.8) is 0 Å². The predicted octanol–water partition coefficient (Wildman–Crippen LogP) is 5.32. The van der Waals surface area contributed by atoms with Crippen molar-refractivity contribution < 1.29 is 19.1 Å². The van der Waals surface area contributed by atoms with Gasteiger partial charge in [0.15, 0.2) is 11.5 Å². The molecule has 0 aromatic heterocycles. The van der Waals surface area contributed by atoms with Gasteiger partial charge in [0.25, 0.3) is 0 Å². The quantitative estimate of drug-likeness (QED) is 0.425. The summed E-state index contributed by atoms with van der Waals surface area (Å²) in [6.45, 7) is 2.66. The van der Waals surface area contributed by atoms with Gasteiger partial charge in [-0.2, -0.15) is 0 Å². The van der Waals surface area contributed by atoms with E-state index < -0.39 is 6.04 Å². The summed E-state index contributed by atoms with van der Waals surface area (Å²) in [6, 6.07) is 12.1. The van der Waals surface area contributed by atoms with E-state index >= 15 is 0 Å². The molecule has 1 aliphatic carbocycles. The molecule has 0 saturated heterocycles. The van der Waals surface area contributed by atoms with Gasteiger partial charge >= 0.3 is 0 Å². The smallest absolute Gasteiger partial charge is 0.242 e. The molecule has 1 unspecified atom stereocenters. The first kappa shape index (κ1) is 26.6. The number of carbonyl (C=O) groups excluding carboxylic acids is 2. The highest BCUT2D eigenvalue weighted by Gasteiger charge is 2.26. The molecule has 0 radical (unpaired) electrons. The van der Waals surface area contributed by atoms with Crippen LogP contribution < -0.4 is 14.8 Å². The number of nitrogens with zero attached hydrogens (tertiary/aromatic N) is 1. The topological polar surface area (TPSA) is 67.9 Å². The Balaban J connectivity index is 1.71. The number of ether oxygens (including phenoxy) is 2. The molecule has 6 nitrogen and oxygen atoms in total. The summed E-state index contributed by atoms with van der Waals surface area (Å²) in [4.78, 5) is 28.1. The molecule has 1 N–H and O–H groups in total. The summed E-state index contributed by atoms with van der Waals surface area (Å²) in [7, 11) is 3.13. The Morgan fingerprint density at radius 2 is 1.74 bits per heavy atom. The second-order valence-corrected chi connectivity index (χ2v) is 9.28. The number of benzene rings is 2. The van der Waals surface area contributed by atoms with Gasteiger partial charge in [0, 0.05) is 18.1 Å². The number of allylic oxidation sites excluding steroid dienone is 1. The molecule has 0 aliphatic heterocycles. The third-order valence-corrected chi connectivity index (χ3v) is 6.62. The van der Waals surface area contributed by atoms with Crippen molar-refractivity contribution in [2.24, 2.45) is 0 Å². The molecule has 0 saturated carbocycles. The highest BCUT2D eigenvalue weighted by Crippen LogP contribution is 2.28. The maximum atomic E-state index is 13.4. The van der Waals surface area contributed by atoms with Gasteiger partial charge in [-0.25, -0.2) is 0 Å². The molecule has 1 atom stereocenters. The molecule has 0 fully saturated rings. The van der Waals surface area contributed by atoms with E-state index in [1.165, 1.54) is 18.4 Å². The molecule has 0 spiro atoms. The lowest BCUT2D eigenvalue weighted by atomic mass is 9.97. The minimum Gasteiger partial charge on any atom is -0.493 e. The first-order valence-electron chi connectivity index (χ1n) is 12.1. The van der Waals surface area contributed by atoms with E-state index in [0.29, 0.717) is 29.6 Å². The van der Waals surface area contributed by atoms with E-state index in [-0.39, 0.29) is 18.2 Å². The first-order valence-corrected chi connectivity index (χ1v) is 12.5. The van der Waals surface area contributed by atoms with Gasteiger partial charge in [-0.1, -0.05) is 41.4 Å². The maximum Gasteiger partial charge on any atom is 0.242 e. The number of carbonyl (C=O) groups is 2. The Morgan fingerprint density at radius 1 is 1.03 bits per heavy atom. The minimum atomic E-state index is -0.626. The summed E-state index contributed by atoms with van der Waals surface area (Å²) < 4.78 is 10.7. The maximum absolute atomic E-state index is 13.4. The van der Waals surface area contributed by atoms with Crippen molar-refractivity contribution in [3.8, 4) is 11.5 Å². The van der Waals surface area contributed by atoms with Crippen LogP contribution >= 0.6 is 11.6 Å². The van der Waals surface area contributed by atoms with Gasteiger partial charge in [-0.15, -0.1) is 0 Å². The minimum absolute atomic E-state index is 0.137. The van der Waals surface area contributed by atoms with Crippen LogP contribution in [-0.2, 0) is 22.6 Å². The third kappa shape index (κ3) is 7.76. The Hall–Kier alpha value is -2.99. The lowest BCUT2D eigenvalue weighted by Crippen LogP contribution is -2.48. The molecule has 0 heterocycles. The Kier molecular flexibility index (Phi) is 10.0. The van der Waals surface area contributed by atoms with Crippen LogP contribution in [0, 0.1) is 0 Å². The van der Waals surface area contributed by atoms with Gasteiger partial charge in [-0.05, 0) is 74.4 Å². The number of methoxy groups -OCH3 is 2. The number of hydrogen-bond donors (Lipinski definition) is 1. The zero-order chi connectivity index (χ0) is 25.2. The summed E-state index contributed by atoms with van der Waals surface area (Å²) in [5.74, 6) is 0.855. The van der Waals surface area contributed by atoms with Gasteiger partial charge in [-0.3, -0.25) is 9.59 Å². The van der Waals surface area contributed by atoms with Crippen LogP contribution in [0.4, 0.5) is 0 Å². The largest absolute Gasteiger partial charge is 0.493 e. The number of amides is 2. The summed E-state index contributed by atoms with van der Waals surface area (Å²) >= 11 is 6.03. The molecule has 1 aliphatic rings. The molecule has 35 heavy (non-hydrogen) atoms. The van der Waals surface area contributed by atoms with E-state index in [2.05, 4.69) is 11.4 Å². The molecular formula is C28H35ClN2O4. The zero-order valence-electron chi connectivity index (χ0n) is 20.8. The highest BCUT2D eigenvalue weighted by atomic mass is 35.5. The van der Waals surface area contributed by atoms with Gasteiger partial charge in [0.1, 0.15) is 6.04 Å². The normalized spacial score (nSPS) is 14.0. The van der Waals surface area contributed by atoms with E-state index in [4.69, 9.17) is 21.1 Å². The van der Waals surface area contributed by atoms with Crippen LogP contribution in [0.3, 0.4) is 0 Å². The van der Waals surface area contributed by atoms with Crippen molar-refractivity contribution in [3.05, 3.63) is 70.3 Å². The van der Waals surface area contributed by atoms with Crippen molar-refractivity contribution in [1.29, 1.82) is 0 Å². The lowest BCUT2D eigenvalue weighted by Gasteiger charge is -2.29. The number of nitrogens with one attached hydrogen (secondary N) is 1. The second-order valence-electron chi connectivity index (χ2n) is 8.84.